The van der Waals surface area contributed by atoms with Gasteiger partial charge in [0.05, 0.1) is 6.04 Å². The van der Waals surface area contributed by atoms with E-state index in [1.54, 1.807) is 18.7 Å². The molecule has 0 spiro atoms. The molecule has 3 aromatic rings. The standard InChI is InChI=1S/C20H21N5O/c26-20(18-7-10-24(18)14-16-4-2-1-3-5-16)23-13-17-6-8-22-19(12-17)25-11-9-21-15-25/h1-6,8-9,11-12,15,18H,7,10,13-14H2,(H,23,26)/t18-/m0/s1. The van der Waals surface area contributed by atoms with Crippen molar-refractivity contribution in [3.05, 3.63) is 78.5 Å². The van der Waals surface area contributed by atoms with Crippen molar-refractivity contribution in [1.82, 2.24) is 24.8 Å². The molecule has 0 unspecified atom stereocenters. The van der Waals surface area contributed by atoms with E-state index in [2.05, 4.69) is 32.3 Å². The molecule has 1 atom stereocenters. The number of hydrogen-bond acceptors (Lipinski definition) is 4. The highest BCUT2D eigenvalue weighted by molar-refractivity contribution is 5.82. The average Bonchev–Trinajstić information content (AvgIpc) is 3.20. The number of pyridine rings is 1. The maximum absolute atomic E-state index is 12.5. The van der Waals surface area contributed by atoms with Gasteiger partial charge in [-0.2, -0.15) is 0 Å². The van der Waals surface area contributed by atoms with Crippen molar-refractivity contribution in [1.29, 1.82) is 0 Å². The molecule has 0 aliphatic carbocycles. The zero-order valence-corrected chi connectivity index (χ0v) is 14.5. The van der Waals surface area contributed by atoms with Crippen molar-refractivity contribution in [2.45, 2.75) is 25.6 Å². The van der Waals surface area contributed by atoms with Crippen molar-refractivity contribution >= 4 is 5.91 Å². The summed E-state index contributed by atoms with van der Waals surface area (Å²) in [7, 11) is 0. The number of carbonyl (C=O) groups excluding carboxylic acids is 1. The summed E-state index contributed by atoms with van der Waals surface area (Å²) < 4.78 is 1.85. The number of likely N-dealkylation sites (tertiary alicyclic amines) is 1. The van der Waals surface area contributed by atoms with Gasteiger partial charge in [-0.05, 0) is 29.7 Å². The lowest BCUT2D eigenvalue weighted by Crippen LogP contribution is -2.55. The van der Waals surface area contributed by atoms with Gasteiger partial charge in [0.25, 0.3) is 0 Å². The van der Waals surface area contributed by atoms with Gasteiger partial charge < -0.3 is 5.32 Å². The van der Waals surface area contributed by atoms with Crippen molar-refractivity contribution in [3.8, 4) is 5.82 Å². The Bertz CT molecular complexity index is 863. The largest absolute Gasteiger partial charge is 0.351 e. The topological polar surface area (TPSA) is 63.1 Å². The van der Waals surface area contributed by atoms with Crippen LogP contribution in [0.3, 0.4) is 0 Å². The number of hydrogen-bond donors (Lipinski definition) is 1. The molecule has 1 fully saturated rings. The van der Waals surface area contributed by atoms with Crippen molar-refractivity contribution in [2.24, 2.45) is 0 Å². The summed E-state index contributed by atoms with van der Waals surface area (Å²) in [5.74, 6) is 0.886. The van der Waals surface area contributed by atoms with E-state index in [0.29, 0.717) is 6.54 Å². The minimum atomic E-state index is -0.0369. The minimum absolute atomic E-state index is 0.0369. The van der Waals surface area contributed by atoms with Crippen LogP contribution >= 0.6 is 0 Å². The molecule has 26 heavy (non-hydrogen) atoms. The average molecular weight is 347 g/mol. The summed E-state index contributed by atoms with van der Waals surface area (Å²) in [4.78, 5) is 23.1. The Morgan fingerprint density at radius 2 is 2.04 bits per heavy atom. The van der Waals surface area contributed by atoms with Crippen LogP contribution in [-0.2, 0) is 17.9 Å². The van der Waals surface area contributed by atoms with Gasteiger partial charge in [-0.25, -0.2) is 9.97 Å². The predicted molar refractivity (Wildman–Crippen MR) is 98.5 cm³/mol. The van der Waals surface area contributed by atoms with Crippen molar-refractivity contribution < 1.29 is 4.79 Å². The highest BCUT2D eigenvalue weighted by atomic mass is 16.2. The van der Waals surface area contributed by atoms with E-state index in [0.717, 1.165) is 30.9 Å². The normalized spacial score (nSPS) is 16.8. The Kier molecular flexibility index (Phi) is 4.75. The Hall–Kier alpha value is -2.99. The molecule has 1 aliphatic heterocycles. The first-order chi connectivity index (χ1) is 12.8. The summed E-state index contributed by atoms with van der Waals surface area (Å²) in [6, 6.07) is 14.1. The van der Waals surface area contributed by atoms with Crippen molar-refractivity contribution in [3.63, 3.8) is 0 Å². The van der Waals surface area contributed by atoms with Crippen LogP contribution < -0.4 is 5.32 Å². The van der Waals surface area contributed by atoms with Gasteiger partial charge >= 0.3 is 0 Å². The highest BCUT2D eigenvalue weighted by Gasteiger charge is 2.33. The van der Waals surface area contributed by atoms with E-state index >= 15 is 0 Å². The zero-order valence-electron chi connectivity index (χ0n) is 14.5. The summed E-state index contributed by atoms with van der Waals surface area (Å²) in [5.41, 5.74) is 2.26. The zero-order chi connectivity index (χ0) is 17.8. The van der Waals surface area contributed by atoms with E-state index < -0.39 is 0 Å². The number of benzene rings is 1. The lowest BCUT2D eigenvalue weighted by molar-refractivity contribution is -0.131. The number of carbonyl (C=O) groups is 1. The quantitative estimate of drug-likeness (QED) is 0.742. The van der Waals surface area contributed by atoms with Crippen LogP contribution in [0.1, 0.15) is 17.5 Å². The van der Waals surface area contributed by atoms with Gasteiger partial charge in [-0.3, -0.25) is 14.3 Å². The molecule has 0 saturated carbocycles. The third kappa shape index (κ3) is 3.65. The van der Waals surface area contributed by atoms with E-state index in [1.165, 1.54) is 5.56 Å². The lowest BCUT2D eigenvalue weighted by atomic mass is 10.0. The molecule has 1 aliphatic rings. The molecule has 3 heterocycles. The van der Waals surface area contributed by atoms with Gasteiger partial charge in [0.2, 0.25) is 5.91 Å². The molecule has 0 bridgehead atoms. The lowest BCUT2D eigenvalue weighted by Gasteiger charge is -2.39. The second kappa shape index (κ2) is 7.49. The maximum atomic E-state index is 12.5. The fraction of sp³-hybridized carbons (Fsp3) is 0.250. The van der Waals surface area contributed by atoms with E-state index in [-0.39, 0.29) is 11.9 Å². The van der Waals surface area contributed by atoms with Crippen LogP contribution in [-0.4, -0.2) is 37.9 Å². The van der Waals surface area contributed by atoms with E-state index in [9.17, 15) is 4.79 Å². The molecular weight excluding hydrogens is 326 g/mol. The fourth-order valence-electron chi connectivity index (χ4n) is 3.16. The molecule has 6 nitrogen and oxygen atoms in total. The monoisotopic (exact) mass is 347 g/mol. The molecule has 1 aromatic carbocycles. The molecule has 4 rings (SSSR count). The molecule has 132 valence electrons. The number of nitrogens with one attached hydrogen (secondary N) is 1. The highest BCUT2D eigenvalue weighted by Crippen LogP contribution is 2.20. The van der Waals surface area contributed by atoms with Gasteiger partial charge in [0.15, 0.2) is 0 Å². The first-order valence-corrected chi connectivity index (χ1v) is 8.78. The Balaban J connectivity index is 1.33. The third-order valence-corrected chi connectivity index (χ3v) is 4.71. The first kappa shape index (κ1) is 16.5. The predicted octanol–water partition coefficient (Wildman–Crippen LogP) is 2.16. The third-order valence-electron chi connectivity index (χ3n) is 4.71. The van der Waals surface area contributed by atoms with Crippen LogP contribution in [0.15, 0.2) is 67.4 Å². The van der Waals surface area contributed by atoms with Crippen LogP contribution in [0.4, 0.5) is 0 Å². The maximum Gasteiger partial charge on any atom is 0.237 e. The van der Waals surface area contributed by atoms with Crippen LogP contribution in [0, 0.1) is 0 Å². The molecule has 0 radical (unpaired) electrons. The summed E-state index contributed by atoms with van der Waals surface area (Å²) in [6.07, 6.45) is 7.94. The van der Waals surface area contributed by atoms with Gasteiger partial charge in [-0.15, -0.1) is 0 Å². The Morgan fingerprint density at radius 1 is 1.15 bits per heavy atom. The number of amides is 1. The molecule has 6 heteroatoms. The number of aromatic nitrogens is 3. The second-order valence-corrected chi connectivity index (χ2v) is 6.47. The Morgan fingerprint density at radius 3 is 2.77 bits per heavy atom. The van der Waals surface area contributed by atoms with Gasteiger partial charge in [0, 0.05) is 38.2 Å². The summed E-state index contributed by atoms with van der Waals surface area (Å²) in [5, 5.41) is 3.06. The molecule has 1 saturated heterocycles. The first-order valence-electron chi connectivity index (χ1n) is 8.78. The number of imidazole rings is 1. The van der Waals surface area contributed by atoms with Crippen LogP contribution in [0.5, 0.6) is 0 Å². The summed E-state index contributed by atoms with van der Waals surface area (Å²) >= 11 is 0. The minimum Gasteiger partial charge on any atom is -0.351 e. The molecule has 1 N–H and O–H groups in total. The Labute approximate surface area is 152 Å². The van der Waals surface area contributed by atoms with Gasteiger partial charge in [0.1, 0.15) is 12.1 Å². The SMILES string of the molecule is O=C(NCc1ccnc(-n2ccnc2)c1)[C@@H]1CCN1Cc1ccccc1. The van der Waals surface area contributed by atoms with E-state index in [4.69, 9.17) is 0 Å². The summed E-state index contributed by atoms with van der Waals surface area (Å²) in [6.45, 7) is 2.28. The smallest absolute Gasteiger partial charge is 0.237 e. The van der Waals surface area contributed by atoms with Gasteiger partial charge in [-0.1, -0.05) is 30.3 Å². The van der Waals surface area contributed by atoms with Crippen LogP contribution in [0.25, 0.3) is 5.82 Å². The molecular formula is C20H21N5O. The molecule has 2 aromatic heterocycles. The number of rotatable bonds is 6. The van der Waals surface area contributed by atoms with E-state index in [1.807, 2.05) is 41.1 Å². The fourth-order valence-corrected chi connectivity index (χ4v) is 3.16. The van der Waals surface area contributed by atoms with Crippen molar-refractivity contribution in [2.75, 3.05) is 6.54 Å². The van der Waals surface area contributed by atoms with Crippen LogP contribution in [0.2, 0.25) is 0 Å². The number of nitrogens with zero attached hydrogens (tertiary/aromatic N) is 4. The molecule has 1 amide bonds. The second-order valence-electron chi connectivity index (χ2n) is 6.47.